The van der Waals surface area contributed by atoms with Gasteiger partial charge < -0.3 is 14.4 Å². The minimum atomic E-state index is -1.53. The molecule has 1 unspecified atom stereocenters. The number of carbonyl (C=O) groups is 2. The van der Waals surface area contributed by atoms with E-state index in [0.29, 0.717) is 22.8 Å². The van der Waals surface area contributed by atoms with E-state index in [1.807, 2.05) is 36.4 Å². The lowest BCUT2D eigenvalue weighted by Crippen LogP contribution is -2.47. The van der Waals surface area contributed by atoms with Gasteiger partial charge in [0.1, 0.15) is 6.61 Å². The van der Waals surface area contributed by atoms with Crippen molar-refractivity contribution in [2.75, 3.05) is 24.6 Å². The van der Waals surface area contributed by atoms with Gasteiger partial charge >= 0.3 is 0 Å². The molecule has 0 bridgehead atoms. The Hall–Kier alpha value is -3.12. The van der Waals surface area contributed by atoms with E-state index in [9.17, 15) is 14.7 Å². The van der Waals surface area contributed by atoms with Gasteiger partial charge in [-0.25, -0.2) is 0 Å². The molecule has 0 saturated heterocycles. The highest BCUT2D eigenvalue weighted by atomic mass is 35.5. The van der Waals surface area contributed by atoms with Crippen LogP contribution in [0, 0.1) is 13.8 Å². The average molecular weight is 632 g/mol. The number of rotatable bonds is 13. The Morgan fingerprint density at radius 3 is 2.43 bits per heavy atom. The standard InChI is InChI=1S/C30H32Cl2N4O5S/c1-5-35(6-2)15-24-18(3)13-23(42-24)29-33-28(34-41-29)21-12-19(4)26(22(31)14-21)36(25(38)16-37)30(27(32)39)40-17-20-10-8-7-9-11-20/h7-14,30,37H,5-6,15-17H2,1-4H3. The van der Waals surface area contributed by atoms with Crippen LogP contribution in [0.1, 0.15) is 35.4 Å². The second kappa shape index (κ2) is 14.4. The van der Waals surface area contributed by atoms with E-state index in [-0.39, 0.29) is 17.3 Å². The van der Waals surface area contributed by atoms with Gasteiger partial charge in [0.2, 0.25) is 12.1 Å². The van der Waals surface area contributed by atoms with Crippen LogP contribution in [0.5, 0.6) is 0 Å². The van der Waals surface area contributed by atoms with Crippen LogP contribution in [0.15, 0.2) is 53.1 Å². The summed E-state index contributed by atoms with van der Waals surface area (Å²) in [4.78, 5) is 35.4. The van der Waals surface area contributed by atoms with Crippen molar-refractivity contribution < 1.29 is 24.0 Å². The average Bonchev–Trinajstić information content (AvgIpc) is 3.61. The number of ether oxygens (including phenoxy) is 1. The minimum Gasteiger partial charge on any atom is -0.387 e. The number of nitrogens with zero attached hydrogens (tertiary/aromatic N) is 4. The predicted molar refractivity (Wildman–Crippen MR) is 165 cm³/mol. The summed E-state index contributed by atoms with van der Waals surface area (Å²) in [7, 11) is 0. The van der Waals surface area contributed by atoms with Gasteiger partial charge in [0.05, 0.1) is 22.2 Å². The summed E-state index contributed by atoms with van der Waals surface area (Å²) in [5, 5.41) is 13.1. The molecule has 0 saturated carbocycles. The van der Waals surface area contributed by atoms with E-state index in [1.165, 1.54) is 4.88 Å². The number of hydrogen-bond donors (Lipinski definition) is 1. The zero-order valence-corrected chi connectivity index (χ0v) is 26.1. The zero-order chi connectivity index (χ0) is 30.4. The van der Waals surface area contributed by atoms with Crippen LogP contribution in [-0.4, -0.2) is 57.2 Å². The van der Waals surface area contributed by atoms with Crippen molar-refractivity contribution in [3.63, 3.8) is 0 Å². The number of amides is 1. The second-order valence-electron chi connectivity index (χ2n) is 9.60. The van der Waals surface area contributed by atoms with E-state index in [1.54, 1.807) is 30.4 Å². The summed E-state index contributed by atoms with van der Waals surface area (Å²) in [5.74, 6) is -0.112. The SMILES string of the molecule is CCN(CC)Cc1sc(-c2nc(-c3cc(C)c(N(C(=O)CO)C(OCc4ccccc4)C(=O)Cl)c(Cl)c3)no2)cc1C. The van der Waals surface area contributed by atoms with Crippen molar-refractivity contribution in [3.05, 3.63) is 75.1 Å². The smallest absolute Gasteiger partial charge is 0.271 e. The fraction of sp³-hybridized carbons (Fsp3) is 0.333. The quantitative estimate of drug-likeness (QED) is 0.137. The first-order valence-corrected chi connectivity index (χ1v) is 15.0. The highest BCUT2D eigenvalue weighted by Gasteiger charge is 2.33. The molecule has 1 amide bonds. The first kappa shape index (κ1) is 31.8. The van der Waals surface area contributed by atoms with Crippen molar-refractivity contribution in [2.45, 2.75) is 47.1 Å². The maximum atomic E-state index is 12.9. The van der Waals surface area contributed by atoms with Gasteiger partial charge in [-0.3, -0.25) is 19.4 Å². The number of aromatic nitrogens is 2. The number of aliphatic hydroxyl groups is 1. The van der Waals surface area contributed by atoms with Crippen LogP contribution < -0.4 is 4.90 Å². The molecule has 222 valence electrons. The van der Waals surface area contributed by atoms with E-state index in [0.717, 1.165) is 40.5 Å². The Bertz CT molecular complexity index is 1510. The van der Waals surface area contributed by atoms with E-state index in [4.69, 9.17) is 32.5 Å². The predicted octanol–water partition coefficient (Wildman–Crippen LogP) is 6.21. The molecule has 1 N–H and O–H groups in total. The molecule has 42 heavy (non-hydrogen) atoms. The zero-order valence-electron chi connectivity index (χ0n) is 23.8. The molecule has 12 heteroatoms. The van der Waals surface area contributed by atoms with Crippen molar-refractivity contribution in [2.24, 2.45) is 0 Å². The summed E-state index contributed by atoms with van der Waals surface area (Å²) in [5.41, 5.74) is 3.15. The number of hydrogen-bond acceptors (Lipinski definition) is 9. The molecule has 0 aliphatic carbocycles. The summed E-state index contributed by atoms with van der Waals surface area (Å²) in [6, 6.07) is 14.4. The summed E-state index contributed by atoms with van der Waals surface area (Å²) >= 11 is 14.2. The minimum absolute atomic E-state index is 0.00160. The van der Waals surface area contributed by atoms with Crippen molar-refractivity contribution in [1.82, 2.24) is 15.0 Å². The van der Waals surface area contributed by atoms with Crippen molar-refractivity contribution >= 4 is 51.4 Å². The number of aryl methyl sites for hydroxylation is 2. The molecule has 0 aliphatic heterocycles. The van der Waals surface area contributed by atoms with Crippen LogP contribution in [-0.2, 0) is 27.5 Å². The second-order valence-corrected chi connectivity index (χ2v) is 11.5. The van der Waals surface area contributed by atoms with Gasteiger partial charge in [0.25, 0.3) is 17.0 Å². The third-order valence-electron chi connectivity index (χ3n) is 6.76. The first-order valence-electron chi connectivity index (χ1n) is 13.4. The molecule has 0 spiro atoms. The fourth-order valence-corrected chi connectivity index (χ4v) is 6.14. The lowest BCUT2D eigenvalue weighted by molar-refractivity contribution is -0.131. The highest BCUT2D eigenvalue weighted by Crippen LogP contribution is 2.37. The van der Waals surface area contributed by atoms with Gasteiger partial charge in [-0.1, -0.05) is 60.9 Å². The molecule has 2 aromatic heterocycles. The van der Waals surface area contributed by atoms with E-state index in [2.05, 4.69) is 35.8 Å². The maximum absolute atomic E-state index is 12.9. The van der Waals surface area contributed by atoms with Gasteiger partial charge in [0, 0.05) is 17.0 Å². The summed E-state index contributed by atoms with van der Waals surface area (Å²) in [6.45, 7) is 9.94. The van der Waals surface area contributed by atoms with Crippen LogP contribution in [0.3, 0.4) is 0 Å². The van der Waals surface area contributed by atoms with Crippen LogP contribution in [0.25, 0.3) is 22.2 Å². The lowest BCUT2D eigenvalue weighted by Gasteiger charge is -2.31. The number of thiophene rings is 1. The summed E-state index contributed by atoms with van der Waals surface area (Å²) in [6.07, 6.45) is -1.53. The number of aliphatic hydroxyl groups excluding tert-OH is 1. The number of halogens is 2. The lowest BCUT2D eigenvalue weighted by atomic mass is 10.1. The maximum Gasteiger partial charge on any atom is 0.271 e. The highest BCUT2D eigenvalue weighted by molar-refractivity contribution is 7.15. The number of benzene rings is 2. The number of anilines is 1. The Morgan fingerprint density at radius 2 is 1.81 bits per heavy atom. The van der Waals surface area contributed by atoms with Crippen LogP contribution in [0.2, 0.25) is 5.02 Å². The van der Waals surface area contributed by atoms with Gasteiger partial charge in [0.15, 0.2) is 0 Å². The molecule has 4 aromatic rings. The van der Waals surface area contributed by atoms with Crippen LogP contribution >= 0.6 is 34.5 Å². The fourth-order valence-electron chi connectivity index (χ4n) is 4.48. The molecule has 0 fully saturated rings. The molecular formula is C30H32Cl2N4O5S. The van der Waals surface area contributed by atoms with Gasteiger partial charge in [-0.05, 0) is 73.4 Å². The largest absolute Gasteiger partial charge is 0.387 e. The normalized spacial score (nSPS) is 12.1. The Kier molecular flexibility index (Phi) is 10.9. The molecule has 9 nitrogen and oxygen atoms in total. The van der Waals surface area contributed by atoms with Crippen LogP contribution in [0.4, 0.5) is 5.69 Å². The molecule has 4 rings (SSSR count). The van der Waals surface area contributed by atoms with Crippen molar-refractivity contribution in [1.29, 1.82) is 0 Å². The van der Waals surface area contributed by atoms with Gasteiger partial charge in [-0.15, -0.1) is 11.3 Å². The van der Waals surface area contributed by atoms with E-state index >= 15 is 0 Å². The Labute approximate surface area is 258 Å². The molecular weight excluding hydrogens is 599 g/mol. The molecule has 2 heterocycles. The first-order chi connectivity index (χ1) is 20.2. The Morgan fingerprint density at radius 1 is 1.10 bits per heavy atom. The number of carbonyl (C=O) groups excluding carboxylic acids is 2. The molecule has 2 aromatic carbocycles. The van der Waals surface area contributed by atoms with Gasteiger partial charge in [-0.2, -0.15) is 4.98 Å². The monoisotopic (exact) mass is 630 g/mol. The summed E-state index contributed by atoms with van der Waals surface area (Å²) < 4.78 is 11.4. The topological polar surface area (TPSA) is 109 Å². The third-order valence-corrected chi connectivity index (χ3v) is 8.44. The third kappa shape index (κ3) is 7.26. The van der Waals surface area contributed by atoms with E-state index < -0.39 is 24.0 Å². The molecule has 0 aliphatic rings. The molecule has 0 radical (unpaired) electrons. The molecule has 1 atom stereocenters. The van der Waals surface area contributed by atoms with Crippen molar-refractivity contribution in [3.8, 4) is 22.2 Å². The Balaban J connectivity index is 1.63.